The highest BCUT2D eigenvalue weighted by Crippen LogP contribution is 2.26. The van der Waals surface area contributed by atoms with E-state index in [1.54, 1.807) is 31.3 Å². The average molecular weight is 324 g/mol. The van der Waals surface area contributed by atoms with Crippen molar-refractivity contribution in [1.82, 2.24) is 16.2 Å². The van der Waals surface area contributed by atoms with Crippen LogP contribution in [0.2, 0.25) is 0 Å². The molecule has 0 radical (unpaired) electrons. The molecule has 2 aromatic rings. The lowest BCUT2D eigenvalue weighted by molar-refractivity contribution is -0.119. The topological polar surface area (TPSA) is 82.3 Å². The molecule has 1 saturated heterocycles. The van der Waals surface area contributed by atoms with Gasteiger partial charge in [-0.05, 0) is 29.8 Å². The molecule has 2 aromatic carbocycles. The van der Waals surface area contributed by atoms with E-state index in [0.717, 1.165) is 5.56 Å². The van der Waals surface area contributed by atoms with Crippen LogP contribution in [0.25, 0.3) is 0 Å². The molecule has 1 aliphatic heterocycles. The Morgan fingerprint density at radius 2 is 1.75 bits per heavy atom. The standard InChI is InChI=1S/C18H20N4O2/c1-19-17(23)13-7-9-14(10-8-13)21-18(24)15-11-20-22-16(15)12-5-3-2-4-6-12/h2-10,15-16,20,22H,11H2,1H3,(H,19,23)(H,21,24). The number of carbonyl (C=O) groups is 2. The molecule has 2 unspecified atom stereocenters. The Kier molecular flexibility index (Phi) is 4.88. The predicted octanol–water partition coefficient (Wildman–Crippen LogP) is 1.45. The number of nitrogens with one attached hydrogen (secondary N) is 4. The van der Waals surface area contributed by atoms with Crippen molar-refractivity contribution in [3.8, 4) is 0 Å². The van der Waals surface area contributed by atoms with Crippen LogP contribution in [0.5, 0.6) is 0 Å². The van der Waals surface area contributed by atoms with Crippen LogP contribution in [0, 0.1) is 5.92 Å². The van der Waals surface area contributed by atoms with Gasteiger partial charge in [-0.25, -0.2) is 5.43 Å². The van der Waals surface area contributed by atoms with Crippen molar-refractivity contribution in [2.24, 2.45) is 5.92 Å². The molecule has 24 heavy (non-hydrogen) atoms. The minimum atomic E-state index is -0.217. The summed E-state index contributed by atoms with van der Waals surface area (Å²) in [5, 5.41) is 5.48. The number of carbonyl (C=O) groups excluding carboxylic acids is 2. The zero-order valence-electron chi connectivity index (χ0n) is 13.4. The molecule has 1 fully saturated rings. The number of hydrogen-bond donors (Lipinski definition) is 4. The Morgan fingerprint density at radius 1 is 1.04 bits per heavy atom. The Hall–Kier alpha value is -2.70. The van der Waals surface area contributed by atoms with Gasteiger partial charge in [0, 0.05) is 24.8 Å². The minimum Gasteiger partial charge on any atom is -0.355 e. The third-order valence-corrected chi connectivity index (χ3v) is 4.12. The van der Waals surface area contributed by atoms with E-state index in [2.05, 4.69) is 21.5 Å². The van der Waals surface area contributed by atoms with Crippen molar-refractivity contribution >= 4 is 17.5 Å². The molecule has 0 saturated carbocycles. The second kappa shape index (κ2) is 7.25. The van der Waals surface area contributed by atoms with E-state index in [4.69, 9.17) is 0 Å². The van der Waals surface area contributed by atoms with Gasteiger partial charge in [0.2, 0.25) is 5.91 Å². The number of anilines is 1. The summed E-state index contributed by atoms with van der Waals surface area (Å²) in [6, 6.07) is 16.6. The van der Waals surface area contributed by atoms with Crippen molar-refractivity contribution in [2.75, 3.05) is 18.9 Å². The van der Waals surface area contributed by atoms with Crippen LogP contribution in [0.3, 0.4) is 0 Å². The molecule has 0 aliphatic carbocycles. The van der Waals surface area contributed by atoms with Gasteiger partial charge in [0.05, 0.1) is 12.0 Å². The first kappa shape index (κ1) is 16.2. The number of amides is 2. The van der Waals surface area contributed by atoms with E-state index in [0.29, 0.717) is 17.8 Å². The lowest BCUT2D eigenvalue weighted by atomic mass is 9.94. The van der Waals surface area contributed by atoms with Crippen LogP contribution in [-0.2, 0) is 4.79 Å². The van der Waals surface area contributed by atoms with E-state index in [1.807, 2.05) is 30.3 Å². The summed E-state index contributed by atoms with van der Waals surface area (Å²) in [7, 11) is 1.59. The SMILES string of the molecule is CNC(=O)c1ccc(NC(=O)C2CNNC2c2ccccc2)cc1. The minimum absolute atomic E-state index is 0.0611. The Labute approximate surface area is 140 Å². The molecule has 124 valence electrons. The Morgan fingerprint density at radius 3 is 2.42 bits per heavy atom. The molecule has 1 heterocycles. The quantitative estimate of drug-likeness (QED) is 0.686. The second-order valence-electron chi connectivity index (χ2n) is 5.67. The van der Waals surface area contributed by atoms with Crippen molar-refractivity contribution in [2.45, 2.75) is 6.04 Å². The van der Waals surface area contributed by atoms with Crippen molar-refractivity contribution < 1.29 is 9.59 Å². The van der Waals surface area contributed by atoms with Gasteiger partial charge in [-0.2, -0.15) is 0 Å². The van der Waals surface area contributed by atoms with Crippen LogP contribution < -0.4 is 21.5 Å². The highest BCUT2D eigenvalue weighted by Gasteiger charge is 2.33. The first-order valence-electron chi connectivity index (χ1n) is 7.85. The highest BCUT2D eigenvalue weighted by molar-refractivity contribution is 5.96. The maximum Gasteiger partial charge on any atom is 0.251 e. The lowest BCUT2D eigenvalue weighted by Crippen LogP contribution is -2.29. The van der Waals surface area contributed by atoms with Gasteiger partial charge >= 0.3 is 0 Å². The monoisotopic (exact) mass is 324 g/mol. The molecule has 0 spiro atoms. The second-order valence-corrected chi connectivity index (χ2v) is 5.67. The smallest absolute Gasteiger partial charge is 0.251 e. The first-order valence-corrected chi connectivity index (χ1v) is 7.85. The molecule has 1 aliphatic rings. The van der Waals surface area contributed by atoms with Crippen molar-refractivity contribution in [1.29, 1.82) is 0 Å². The Bertz CT molecular complexity index is 716. The number of benzene rings is 2. The van der Waals surface area contributed by atoms with Crippen LogP contribution in [0.15, 0.2) is 54.6 Å². The molecule has 2 atom stereocenters. The van der Waals surface area contributed by atoms with Crippen molar-refractivity contribution in [3.05, 3.63) is 65.7 Å². The zero-order valence-corrected chi connectivity index (χ0v) is 13.4. The molecule has 6 nitrogen and oxygen atoms in total. The van der Waals surface area contributed by atoms with Crippen LogP contribution >= 0.6 is 0 Å². The summed E-state index contributed by atoms with van der Waals surface area (Å²) in [6.45, 7) is 0.557. The van der Waals surface area contributed by atoms with E-state index < -0.39 is 0 Å². The van der Waals surface area contributed by atoms with Crippen molar-refractivity contribution in [3.63, 3.8) is 0 Å². The van der Waals surface area contributed by atoms with Crippen LogP contribution in [0.1, 0.15) is 22.0 Å². The highest BCUT2D eigenvalue weighted by atomic mass is 16.2. The van der Waals surface area contributed by atoms with E-state index in [-0.39, 0.29) is 23.8 Å². The van der Waals surface area contributed by atoms with Gasteiger partial charge < -0.3 is 10.6 Å². The van der Waals surface area contributed by atoms with E-state index in [1.165, 1.54) is 0 Å². The fraction of sp³-hybridized carbons (Fsp3) is 0.222. The normalized spacial score (nSPS) is 19.7. The summed E-state index contributed by atoms with van der Waals surface area (Å²) in [5.41, 5.74) is 8.51. The van der Waals surface area contributed by atoms with Gasteiger partial charge in [-0.3, -0.25) is 15.0 Å². The fourth-order valence-electron chi connectivity index (χ4n) is 2.80. The molecule has 0 bridgehead atoms. The molecule has 4 N–H and O–H groups in total. The van der Waals surface area contributed by atoms with Gasteiger partial charge in [-0.1, -0.05) is 30.3 Å². The summed E-state index contributed by atoms with van der Waals surface area (Å²) in [5.74, 6) is -0.429. The number of hydrogen-bond acceptors (Lipinski definition) is 4. The van der Waals surface area contributed by atoms with Gasteiger partial charge in [-0.15, -0.1) is 0 Å². The maximum atomic E-state index is 12.6. The summed E-state index contributed by atoms with van der Waals surface area (Å²) in [6.07, 6.45) is 0. The molecule has 0 aromatic heterocycles. The third-order valence-electron chi connectivity index (χ3n) is 4.12. The molecule has 6 heteroatoms. The number of hydrazine groups is 1. The average Bonchev–Trinajstić information content (AvgIpc) is 3.12. The lowest BCUT2D eigenvalue weighted by Gasteiger charge is -2.18. The van der Waals surface area contributed by atoms with Crippen LogP contribution in [0.4, 0.5) is 5.69 Å². The first-order chi connectivity index (χ1) is 11.7. The largest absolute Gasteiger partial charge is 0.355 e. The maximum absolute atomic E-state index is 12.6. The van der Waals surface area contributed by atoms with Gasteiger partial charge in [0.25, 0.3) is 5.91 Å². The number of rotatable bonds is 4. The molecule has 2 amide bonds. The fourth-order valence-corrected chi connectivity index (χ4v) is 2.80. The van der Waals surface area contributed by atoms with Gasteiger partial charge in [0.1, 0.15) is 0 Å². The van der Waals surface area contributed by atoms with Gasteiger partial charge in [0.15, 0.2) is 0 Å². The van der Waals surface area contributed by atoms with E-state index in [9.17, 15) is 9.59 Å². The van der Waals surface area contributed by atoms with Crippen LogP contribution in [-0.4, -0.2) is 25.4 Å². The summed E-state index contributed by atoms with van der Waals surface area (Å²) < 4.78 is 0. The molecular weight excluding hydrogens is 304 g/mol. The summed E-state index contributed by atoms with van der Waals surface area (Å²) in [4.78, 5) is 24.1. The third kappa shape index (κ3) is 3.45. The molecule has 3 rings (SSSR count). The molecular formula is C18H20N4O2. The zero-order chi connectivity index (χ0) is 16.9. The van der Waals surface area contributed by atoms with E-state index >= 15 is 0 Å². The Balaban J connectivity index is 1.69. The summed E-state index contributed by atoms with van der Waals surface area (Å²) >= 11 is 0. The predicted molar refractivity (Wildman–Crippen MR) is 92.3 cm³/mol.